The molecule has 0 atom stereocenters. The lowest BCUT2D eigenvalue weighted by molar-refractivity contribution is 0.0731. The second-order valence-electron chi connectivity index (χ2n) is 7.01. The van der Waals surface area contributed by atoms with Crippen LogP contribution < -0.4 is 9.80 Å². The molecule has 2 N–H and O–H groups in total. The lowest BCUT2D eigenvalue weighted by atomic mass is 9.80. The van der Waals surface area contributed by atoms with Crippen molar-refractivity contribution in [3.63, 3.8) is 0 Å². The van der Waals surface area contributed by atoms with Crippen molar-refractivity contribution in [3.8, 4) is 5.75 Å². The van der Waals surface area contributed by atoms with E-state index in [1.807, 2.05) is 19.1 Å². The minimum absolute atomic E-state index is 0.169. The summed E-state index contributed by atoms with van der Waals surface area (Å²) in [6.45, 7) is 5.60. The van der Waals surface area contributed by atoms with Crippen LogP contribution in [0.15, 0.2) is 30.3 Å². The summed E-state index contributed by atoms with van der Waals surface area (Å²) in [5.74, 6) is 2.46. The van der Waals surface area contributed by atoms with E-state index in [0.717, 1.165) is 62.0 Å². The summed E-state index contributed by atoms with van der Waals surface area (Å²) in [5.41, 5.74) is 2.20. The first-order valence-corrected chi connectivity index (χ1v) is 8.91. The van der Waals surface area contributed by atoms with Crippen LogP contribution in [0, 0.1) is 6.92 Å². The number of aliphatic hydroxyl groups excluding tert-OH is 1. The number of anilines is 2. The Labute approximate surface area is 147 Å². The molecule has 1 aromatic heterocycles. The quantitative estimate of drug-likeness (QED) is 0.891. The van der Waals surface area contributed by atoms with E-state index in [2.05, 4.69) is 25.8 Å². The second-order valence-corrected chi connectivity index (χ2v) is 7.01. The van der Waals surface area contributed by atoms with Gasteiger partial charge in [-0.25, -0.2) is 9.97 Å². The van der Waals surface area contributed by atoms with E-state index in [1.165, 1.54) is 0 Å². The van der Waals surface area contributed by atoms with E-state index in [-0.39, 0.29) is 6.10 Å². The van der Waals surface area contributed by atoms with Gasteiger partial charge in [-0.2, -0.15) is 0 Å². The highest BCUT2D eigenvalue weighted by Crippen LogP contribution is 2.36. The maximum absolute atomic E-state index is 9.55. The lowest BCUT2D eigenvalue weighted by Gasteiger charge is -2.37. The van der Waals surface area contributed by atoms with Gasteiger partial charge in [0.15, 0.2) is 0 Å². The van der Waals surface area contributed by atoms with Crippen molar-refractivity contribution in [1.82, 2.24) is 9.97 Å². The van der Waals surface area contributed by atoms with Gasteiger partial charge in [0.25, 0.3) is 0 Å². The highest BCUT2D eigenvalue weighted by Gasteiger charge is 2.30. The number of aryl methyl sites for hydroxylation is 1. The fourth-order valence-electron chi connectivity index (χ4n) is 3.63. The first-order valence-electron chi connectivity index (χ1n) is 8.91. The number of rotatable bonds is 3. The van der Waals surface area contributed by atoms with E-state index >= 15 is 0 Å². The number of hydrogen-bond donors (Lipinski definition) is 2. The van der Waals surface area contributed by atoms with E-state index in [9.17, 15) is 10.2 Å². The van der Waals surface area contributed by atoms with Crippen LogP contribution in [0.5, 0.6) is 5.75 Å². The molecule has 4 rings (SSSR count). The molecule has 2 aliphatic rings. The molecule has 0 unspecified atom stereocenters. The largest absolute Gasteiger partial charge is 0.508 e. The molecule has 0 bridgehead atoms. The molecule has 0 spiro atoms. The fourth-order valence-corrected chi connectivity index (χ4v) is 3.63. The van der Waals surface area contributed by atoms with Crippen LogP contribution in [-0.4, -0.2) is 52.5 Å². The average molecular weight is 340 g/mol. The number of benzene rings is 1. The monoisotopic (exact) mass is 340 g/mol. The highest BCUT2D eigenvalue weighted by atomic mass is 16.3. The molecular formula is C19H24N4O2. The highest BCUT2D eigenvalue weighted by molar-refractivity contribution is 5.51. The number of aliphatic hydroxyl groups is 1. The second kappa shape index (κ2) is 6.52. The van der Waals surface area contributed by atoms with Crippen LogP contribution in [0.1, 0.15) is 30.3 Å². The Kier molecular flexibility index (Phi) is 4.21. The molecule has 25 heavy (non-hydrogen) atoms. The van der Waals surface area contributed by atoms with Crippen LogP contribution in [0.25, 0.3) is 0 Å². The number of piperazine rings is 1. The first-order chi connectivity index (χ1) is 12.1. The topological polar surface area (TPSA) is 72.7 Å². The molecule has 2 fully saturated rings. The number of phenolic OH excluding ortho intramolecular Hbond substituents is 1. The molecule has 1 aliphatic carbocycles. The fraction of sp³-hybridized carbons (Fsp3) is 0.474. The lowest BCUT2D eigenvalue weighted by Crippen LogP contribution is -2.47. The molecule has 2 aromatic rings. The van der Waals surface area contributed by atoms with Crippen LogP contribution >= 0.6 is 0 Å². The SMILES string of the molecule is Cc1nc(C2CC(O)C2)cc(N2CCN(c3ccc(O)cc3)CC2)n1. The minimum atomic E-state index is -0.169. The Balaban J connectivity index is 1.44. The summed E-state index contributed by atoms with van der Waals surface area (Å²) in [4.78, 5) is 13.8. The summed E-state index contributed by atoms with van der Waals surface area (Å²) >= 11 is 0. The van der Waals surface area contributed by atoms with Crippen molar-refractivity contribution in [2.24, 2.45) is 0 Å². The van der Waals surface area contributed by atoms with Crippen LogP contribution in [0.3, 0.4) is 0 Å². The van der Waals surface area contributed by atoms with Gasteiger partial charge in [0.1, 0.15) is 17.4 Å². The normalized spacial score (nSPS) is 23.4. The van der Waals surface area contributed by atoms with E-state index in [4.69, 9.17) is 0 Å². The van der Waals surface area contributed by atoms with Gasteiger partial charge in [-0.1, -0.05) is 0 Å². The summed E-state index contributed by atoms with van der Waals surface area (Å²) in [7, 11) is 0. The van der Waals surface area contributed by atoms with Crippen molar-refractivity contribution in [2.45, 2.75) is 31.8 Å². The van der Waals surface area contributed by atoms with Crippen molar-refractivity contribution >= 4 is 11.5 Å². The van der Waals surface area contributed by atoms with Crippen LogP contribution in [-0.2, 0) is 0 Å². The third-order valence-electron chi connectivity index (χ3n) is 5.19. The van der Waals surface area contributed by atoms with Crippen molar-refractivity contribution in [2.75, 3.05) is 36.0 Å². The molecule has 1 aliphatic heterocycles. The Morgan fingerprint density at radius 1 is 0.960 bits per heavy atom. The van der Waals surface area contributed by atoms with Crippen molar-refractivity contribution in [1.29, 1.82) is 0 Å². The number of aromatic nitrogens is 2. The van der Waals surface area contributed by atoms with Gasteiger partial charge in [-0.15, -0.1) is 0 Å². The minimum Gasteiger partial charge on any atom is -0.508 e. The molecule has 1 aromatic carbocycles. The summed E-state index contributed by atoms with van der Waals surface area (Å²) in [6.07, 6.45) is 1.45. The van der Waals surface area contributed by atoms with E-state index in [0.29, 0.717) is 11.7 Å². The van der Waals surface area contributed by atoms with Crippen molar-refractivity contribution in [3.05, 3.63) is 41.9 Å². The van der Waals surface area contributed by atoms with Gasteiger partial charge >= 0.3 is 0 Å². The third-order valence-corrected chi connectivity index (χ3v) is 5.19. The predicted molar refractivity (Wildman–Crippen MR) is 97.3 cm³/mol. The maximum Gasteiger partial charge on any atom is 0.132 e. The molecule has 0 radical (unpaired) electrons. The Hall–Kier alpha value is -2.34. The summed E-state index contributed by atoms with van der Waals surface area (Å²) in [6, 6.07) is 9.48. The zero-order valence-corrected chi connectivity index (χ0v) is 14.5. The van der Waals surface area contributed by atoms with Crippen LogP contribution in [0.4, 0.5) is 11.5 Å². The van der Waals surface area contributed by atoms with Gasteiger partial charge < -0.3 is 20.0 Å². The standard InChI is InChI=1S/C19H24N4O2/c1-13-20-18(14-10-17(25)11-14)12-19(21-13)23-8-6-22(7-9-23)15-2-4-16(24)5-3-15/h2-5,12,14,17,24-25H,6-11H2,1H3. The Morgan fingerprint density at radius 3 is 2.24 bits per heavy atom. The number of phenols is 1. The first kappa shape index (κ1) is 16.1. The zero-order valence-electron chi connectivity index (χ0n) is 14.5. The zero-order chi connectivity index (χ0) is 17.4. The average Bonchev–Trinajstić information content (AvgIpc) is 2.59. The molecule has 1 saturated heterocycles. The van der Waals surface area contributed by atoms with Gasteiger partial charge in [0, 0.05) is 49.5 Å². The molecule has 6 heteroatoms. The summed E-state index contributed by atoms with van der Waals surface area (Å²) in [5, 5.41) is 19.0. The third kappa shape index (κ3) is 3.39. The smallest absolute Gasteiger partial charge is 0.132 e. The summed E-state index contributed by atoms with van der Waals surface area (Å²) < 4.78 is 0. The Bertz CT molecular complexity index is 736. The van der Waals surface area contributed by atoms with Gasteiger partial charge in [0.2, 0.25) is 0 Å². The predicted octanol–water partition coefficient (Wildman–Crippen LogP) is 2.06. The number of nitrogens with zero attached hydrogens (tertiary/aromatic N) is 4. The molecule has 6 nitrogen and oxygen atoms in total. The van der Waals surface area contributed by atoms with Gasteiger partial charge in [0.05, 0.1) is 6.10 Å². The van der Waals surface area contributed by atoms with Crippen molar-refractivity contribution < 1.29 is 10.2 Å². The van der Waals surface area contributed by atoms with Crippen LogP contribution in [0.2, 0.25) is 0 Å². The van der Waals surface area contributed by atoms with E-state index in [1.54, 1.807) is 12.1 Å². The van der Waals surface area contributed by atoms with Gasteiger partial charge in [-0.3, -0.25) is 0 Å². The molecule has 2 heterocycles. The molecule has 0 amide bonds. The van der Waals surface area contributed by atoms with Gasteiger partial charge in [-0.05, 0) is 44.0 Å². The van der Waals surface area contributed by atoms with E-state index < -0.39 is 0 Å². The maximum atomic E-state index is 9.55. The molecule has 1 saturated carbocycles. The number of hydrogen-bond acceptors (Lipinski definition) is 6. The molecule has 132 valence electrons. The molecular weight excluding hydrogens is 316 g/mol. The number of aromatic hydroxyl groups is 1. The Morgan fingerprint density at radius 2 is 1.60 bits per heavy atom.